The van der Waals surface area contributed by atoms with Crippen LogP contribution in [0, 0.1) is 11.3 Å². The quantitative estimate of drug-likeness (QED) is 0.522. The molecule has 3 nitrogen and oxygen atoms in total. The van der Waals surface area contributed by atoms with E-state index in [1.54, 1.807) is 0 Å². The number of nitrogens with one attached hydrogen (secondary N) is 1. The van der Waals surface area contributed by atoms with Crippen LogP contribution in [0.3, 0.4) is 0 Å². The van der Waals surface area contributed by atoms with Crippen molar-refractivity contribution in [2.24, 2.45) is 11.7 Å². The Hall–Kier alpha value is -0.570. The second kappa shape index (κ2) is 5.35. The Kier molecular flexibility index (Phi) is 4.39. The summed E-state index contributed by atoms with van der Waals surface area (Å²) in [4.78, 5) is 2.51. The predicted molar refractivity (Wildman–Crippen MR) is 60.6 cm³/mol. The summed E-state index contributed by atoms with van der Waals surface area (Å²) >= 11 is 0. The molecule has 0 spiro atoms. The van der Waals surface area contributed by atoms with Gasteiger partial charge in [-0.2, -0.15) is 0 Å². The van der Waals surface area contributed by atoms with E-state index in [-0.39, 0.29) is 0 Å². The van der Waals surface area contributed by atoms with Crippen molar-refractivity contribution in [2.45, 2.75) is 45.6 Å². The van der Waals surface area contributed by atoms with Gasteiger partial charge in [-0.25, -0.2) is 0 Å². The van der Waals surface area contributed by atoms with Gasteiger partial charge >= 0.3 is 0 Å². The van der Waals surface area contributed by atoms with Gasteiger partial charge in [-0.15, -0.1) is 0 Å². The van der Waals surface area contributed by atoms with Gasteiger partial charge in [-0.3, -0.25) is 10.3 Å². The minimum absolute atomic E-state index is 0.330. The van der Waals surface area contributed by atoms with E-state index >= 15 is 0 Å². The minimum atomic E-state index is 0.330. The third-order valence-corrected chi connectivity index (χ3v) is 3.34. The van der Waals surface area contributed by atoms with E-state index in [0.29, 0.717) is 11.9 Å². The Morgan fingerprint density at radius 1 is 1.57 bits per heavy atom. The molecular formula is C11H23N3. The van der Waals surface area contributed by atoms with Crippen molar-refractivity contribution in [2.75, 3.05) is 13.1 Å². The molecule has 0 radical (unpaired) electrons. The van der Waals surface area contributed by atoms with Crippen molar-refractivity contribution < 1.29 is 0 Å². The van der Waals surface area contributed by atoms with Crippen LogP contribution in [0.5, 0.6) is 0 Å². The molecular weight excluding hydrogens is 174 g/mol. The summed E-state index contributed by atoms with van der Waals surface area (Å²) in [5.74, 6) is 1.20. The molecule has 1 fully saturated rings. The molecule has 2 unspecified atom stereocenters. The van der Waals surface area contributed by atoms with Crippen molar-refractivity contribution in [3.8, 4) is 0 Å². The van der Waals surface area contributed by atoms with Crippen molar-refractivity contribution in [1.82, 2.24) is 4.90 Å². The van der Waals surface area contributed by atoms with Crippen LogP contribution in [-0.4, -0.2) is 29.9 Å². The van der Waals surface area contributed by atoms with Crippen molar-refractivity contribution in [3.63, 3.8) is 0 Å². The van der Waals surface area contributed by atoms with Gasteiger partial charge in [0.1, 0.15) is 0 Å². The highest BCUT2D eigenvalue weighted by Gasteiger charge is 2.26. The molecule has 0 aromatic carbocycles. The molecule has 0 amide bonds. The van der Waals surface area contributed by atoms with Crippen LogP contribution in [0.1, 0.15) is 39.5 Å². The monoisotopic (exact) mass is 197 g/mol. The van der Waals surface area contributed by atoms with Gasteiger partial charge in [0.2, 0.25) is 0 Å². The SMILES string of the molecule is CCC1CCN(C(CC)CC(=N)N)C1. The number of hydrogen-bond donors (Lipinski definition) is 2. The lowest BCUT2D eigenvalue weighted by molar-refractivity contribution is 0.231. The number of likely N-dealkylation sites (tertiary alicyclic amines) is 1. The molecule has 0 bridgehead atoms. The van der Waals surface area contributed by atoms with Crippen LogP contribution in [0.15, 0.2) is 0 Å². The first-order valence-electron chi connectivity index (χ1n) is 5.74. The zero-order valence-corrected chi connectivity index (χ0v) is 9.42. The van der Waals surface area contributed by atoms with Crippen LogP contribution in [0.4, 0.5) is 0 Å². The number of nitrogens with zero attached hydrogens (tertiary/aromatic N) is 1. The summed E-state index contributed by atoms with van der Waals surface area (Å²) < 4.78 is 0. The molecule has 0 aromatic rings. The van der Waals surface area contributed by atoms with Crippen LogP contribution in [0.25, 0.3) is 0 Å². The highest BCUT2D eigenvalue weighted by molar-refractivity contribution is 5.77. The van der Waals surface area contributed by atoms with E-state index in [9.17, 15) is 0 Å². The van der Waals surface area contributed by atoms with Gasteiger partial charge in [0.05, 0.1) is 5.84 Å². The Balaban J connectivity index is 2.42. The average molecular weight is 197 g/mol. The molecule has 0 aliphatic carbocycles. The second-order valence-electron chi connectivity index (χ2n) is 4.35. The van der Waals surface area contributed by atoms with Crippen LogP contribution >= 0.6 is 0 Å². The fourth-order valence-corrected chi connectivity index (χ4v) is 2.31. The Bertz CT molecular complexity index is 191. The maximum atomic E-state index is 7.34. The molecule has 1 aliphatic rings. The van der Waals surface area contributed by atoms with Gasteiger partial charge in [-0.05, 0) is 25.3 Å². The molecule has 2 atom stereocenters. The van der Waals surface area contributed by atoms with Gasteiger partial charge in [0, 0.05) is 19.0 Å². The average Bonchev–Trinajstić information content (AvgIpc) is 2.62. The lowest BCUT2D eigenvalue weighted by Gasteiger charge is -2.26. The summed E-state index contributed by atoms with van der Waals surface area (Å²) in [6, 6.07) is 0.504. The van der Waals surface area contributed by atoms with Gasteiger partial charge in [0.15, 0.2) is 0 Å². The summed E-state index contributed by atoms with van der Waals surface area (Å²) in [6.45, 7) is 6.86. The molecule has 0 saturated carbocycles. The molecule has 14 heavy (non-hydrogen) atoms. The standard InChI is InChI=1S/C11H23N3/c1-3-9-5-6-14(8-9)10(4-2)7-11(12)13/h9-10H,3-8H2,1-2H3,(H3,12,13). The molecule has 1 saturated heterocycles. The molecule has 3 heteroatoms. The molecule has 82 valence electrons. The molecule has 0 aromatic heterocycles. The Morgan fingerprint density at radius 2 is 2.29 bits per heavy atom. The molecule has 1 aliphatic heterocycles. The maximum Gasteiger partial charge on any atom is 0.0921 e. The number of rotatable bonds is 5. The van der Waals surface area contributed by atoms with Gasteiger partial charge in [-0.1, -0.05) is 20.3 Å². The van der Waals surface area contributed by atoms with Crippen molar-refractivity contribution >= 4 is 5.84 Å². The van der Waals surface area contributed by atoms with Crippen LogP contribution in [0.2, 0.25) is 0 Å². The van der Waals surface area contributed by atoms with Crippen LogP contribution in [-0.2, 0) is 0 Å². The van der Waals surface area contributed by atoms with E-state index in [0.717, 1.165) is 18.8 Å². The summed E-state index contributed by atoms with van der Waals surface area (Å²) in [5, 5.41) is 7.34. The number of amidine groups is 1. The van der Waals surface area contributed by atoms with E-state index in [1.165, 1.54) is 25.9 Å². The first kappa shape index (κ1) is 11.5. The number of nitrogens with two attached hydrogens (primary N) is 1. The molecule has 3 N–H and O–H groups in total. The zero-order valence-electron chi connectivity index (χ0n) is 9.42. The summed E-state index contributed by atoms with van der Waals surface area (Å²) in [5.41, 5.74) is 5.46. The first-order valence-corrected chi connectivity index (χ1v) is 5.74. The first-order chi connectivity index (χ1) is 6.67. The highest BCUT2D eigenvalue weighted by atomic mass is 15.2. The lowest BCUT2D eigenvalue weighted by atomic mass is 10.1. The van der Waals surface area contributed by atoms with Crippen molar-refractivity contribution in [1.29, 1.82) is 5.41 Å². The zero-order chi connectivity index (χ0) is 10.6. The normalized spacial score (nSPS) is 25.1. The Labute approximate surface area is 87.2 Å². The topological polar surface area (TPSA) is 53.1 Å². The number of hydrogen-bond acceptors (Lipinski definition) is 2. The minimum Gasteiger partial charge on any atom is -0.388 e. The summed E-state index contributed by atoms with van der Waals surface area (Å²) in [6.07, 6.45) is 4.46. The smallest absolute Gasteiger partial charge is 0.0921 e. The Morgan fingerprint density at radius 3 is 2.71 bits per heavy atom. The van der Waals surface area contributed by atoms with Gasteiger partial charge < -0.3 is 5.73 Å². The maximum absolute atomic E-state index is 7.34. The molecule has 1 heterocycles. The third kappa shape index (κ3) is 2.98. The van der Waals surface area contributed by atoms with Crippen molar-refractivity contribution in [3.05, 3.63) is 0 Å². The predicted octanol–water partition coefficient (Wildman–Crippen LogP) is 1.82. The fraction of sp³-hybridized carbons (Fsp3) is 0.909. The third-order valence-electron chi connectivity index (χ3n) is 3.34. The lowest BCUT2D eigenvalue weighted by Crippen LogP contribution is -2.36. The van der Waals surface area contributed by atoms with E-state index in [2.05, 4.69) is 18.7 Å². The summed E-state index contributed by atoms with van der Waals surface area (Å²) in [7, 11) is 0. The van der Waals surface area contributed by atoms with Gasteiger partial charge in [0.25, 0.3) is 0 Å². The van der Waals surface area contributed by atoms with E-state index < -0.39 is 0 Å². The second-order valence-corrected chi connectivity index (χ2v) is 4.35. The largest absolute Gasteiger partial charge is 0.388 e. The highest BCUT2D eigenvalue weighted by Crippen LogP contribution is 2.23. The molecule has 1 rings (SSSR count). The fourth-order valence-electron chi connectivity index (χ4n) is 2.31. The van der Waals surface area contributed by atoms with Crippen LogP contribution < -0.4 is 5.73 Å². The van der Waals surface area contributed by atoms with E-state index in [4.69, 9.17) is 11.1 Å². The van der Waals surface area contributed by atoms with E-state index in [1.807, 2.05) is 0 Å².